The average molecular weight is 389 g/mol. The molecule has 2 fully saturated rings. The Balaban J connectivity index is 1.22. The number of nitrogens with one attached hydrogen (secondary N) is 1. The third-order valence-electron chi connectivity index (χ3n) is 7.02. The van der Waals surface area contributed by atoms with E-state index in [-0.39, 0.29) is 23.8 Å². The molecule has 2 aromatic carbocycles. The maximum atomic E-state index is 13.0. The zero-order valence-corrected chi connectivity index (χ0v) is 16.9. The lowest BCUT2D eigenvalue weighted by molar-refractivity contribution is -0.126. The highest BCUT2D eigenvalue weighted by molar-refractivity contribution is 5.94. The van der Waals surface area contributed by atoms with Crippen LogP contribution < -0.4 is 5.32 Å². The highest BCUT2D eigenvalue weighted by Gasteiger charge is 2.54. The highest BCUT2D eigenvalue weighted by Crippen LogP contribution is 2.54. The summed E-state index contributed by atoms with van der Waals surface area (Å²) in [5.41, 5.74) is 4.72. The van der Waals surface area contributed by atoms with Gasteiger partial charge in [0.25, 0.3) is 5.91 Å². The van der Waals surface area contributed by atoms with E-state index in [1.807, 2.05) is 36.1 Å². The molecule has 1 heterocycles. The minimum Gasteiger partial charge on any atom is -0.352 e. The minimum atomic E-state index is -0.101. The Kier molecular flexibility index (Phi) is 4.65. The normalized spacial score (nSPS) is 27.6. The summed E-state index contributed by atoms with van der Waals surface area (Å²) in [7, 11) is 0. The highest BCUT2D eigenvalue weighted by atomic mass is 16.2. The number of fused-ring (bicyclic) bond motifs is 3. The fourth-order valence-electron chi connectivity index (χ4n) is 5.30. The Labute approximate surface area is 172 Å². The van der Waals surface area contributed by atoms with Crippen LogP contribution in [0.15, 0.2) is 48.5 Å². The molecule has 2 amide bonds. The van der Waals surface area contributed by atoms with Gasteiger partial charge in [-0.3, -0.25) is 9.59 Å². The molecule has 0 aromatic heterocycles. The Morgan fingerprint density at radius 1 is 1.03 bits per heavy atom. The molecule has 0 radical (unpaired) electrons. The molecule has 5 rings (SSSR count). The summed E-state index contributed by atoms with van der Waals surface area (Å²) < 4.78 is 0. The number of aryl methyl sites for hydroxylation is 2. The lowest BCUT2D eigenvalue weighted by atomic mass is 9.92. The second-order valence-electron chi connectivity index (χ2n) is 8.92. The summed E-state index contributed by atoms with van der Waals surface area (Å²) in [5, 5.41) is 3.34. The Morgan fingerprint density at radius 3 is 2.66 bits per heavy atom. The Hall–Kier alpha value is -2.62. The molecule has 1 N–H and O–H groups in total. The summed E-state index contributed by atoms with van der Waals surface area (Å²) >= 11 is 0. The molecular formula is C25H28N2O2. The number of carbonyl (C=O) groups excluding carboxylic acids is 2. The topological polar surface area (TPSA) is 49.4 Å². The van der Waals surface area contributed by atoms with E-state index in [2.05, 4.69) is 29.6 Å². The van der Waals surface area contributed by atoms with Crippen LogP contribution in [0.4, 0.5) is 0 Å². The van der Waals surface area contributed by atoms with E-state index >= 15 is 0 Å². The van der Waals surface area contributed by atoms with Crippen LogP contribution in [0.3, 0.4) is 0 Å². The number of piperidine rings is 1. The number of hydrogen-bond donors (Lipinski definition) is 1. The van der Waals surface area contributed by atoms with Gasteiger partial charge < -0.3 is 10.2 Å². The maximum Gasteiger partial charge on any atom is 0.253 e. The van der Waals surface area contributed by atoms with Crippen molar-refractivity contribution in [2.45, 2.75) is 44.6 Å². The smallest absolute Gasteiger partial charge is 0.253 e. The van der Waals surface area contributed by atoms with E-state index in [0.29, 0.717) is 23.9 Å². The van der Waals surface area contributed by atoms with Crippen molar-refractivity contribution in [3.63, 3.8) is 0 Å². The molecule has 4 heteroatoms. The zero-order chi connectivity index (χ0) is 20.0. The largest absolute Gasteiger partial charge is 0.352 e. The van der Waals surface area contributed by atoms with Gasteiger partial charge in [-0.25, -0.2) is 0 Å². The number of benzene rings is 2. The predicted molar refractivity (Wildman–Crippen MR) is 113 cm³/mol. The van der Waals surface area contributed by atoms with Gasteiger partial charge in [0.15, 0.2) is 0 Å². The maximum absolute atomic E-state index is 13.0. The third-order valence-corrected chi connectivity index (χ3v) is 7.02. The Morgan fingerprint density at radius 2 is 1.83 bits per heavy atom. The molecular weight excluding hydrogens is 360 g/mol. The van der Waals surface area contributed by atoms with Crippen molar-refractivity contribution >= 4 is 11.8 Å². The third kappa shape index (κ3) is 3.45. The Bertz CT molecular complexity index is 936. The van der Waals surface area contributed by atoms with E-state index in [9.17, 15) is 9.59 Å². The van der Waals surface area contributed by atoms with Gasteiger partial charge in [-0.1, -0.05) is 42.0 Å². The SMILES string of the molecule is Cc1ccc(C(=O)N2CCC[C@H](C(=O)N[C@@H]3[C@H]4CCc5ccccc5[C@@H]43)C2)cc1. The van der Waals surface area contributed by atoms with Crippen molar-refractivity contribution < 1.29 is 9.59 Å². The number of hydrogen-bond acceptors (Lipinski definition) is 2. The number of likely N-dealkylation sites (tertiary alicyclic amines) is 1. The summed E-state index contributed by atoms with van der Waals surface area (Å²) in [5.74, 6) is 1.14. The van der Waals surface area contributed by atoms with E-state index < -0.39 is 0 Å². The van der Waals surface area contributed by atoms with Crippen molar-refractivity contribution in [1.82, 2.24) is 10.2 Å². The molecule has 150 valence electrons. The van der Waals surface area contributed by atoms with Crippen molar-refractivity contribution in [3.8, 4) is 0 Å². The predicted octanol–water partition coefficient (Wildman–Crippen LogP) is 3.69. The molecule has 1 saturated carbocycles. The van der Waals surface area contributed by atoms with Crippen molar-refractivity contribution in [2.24, 2.45) is 11.8 Å². The first-order valence-electron chi connectivity index (χ1n) is 10.9. The van der Waals surface area contributed by atoms with Crippen LogP contribution in [0.2, 0.25) is 0 Å². The van der Waals surface area contributed by atoms with Crippen molar-refractivity contribution in [2.75, 3.05) is 13.1 Å². The molecule has 0 bridgehead atoms. The number of amides is 2. The van der Waals surface area contributed by atoms with E-state index in [1.54, 1.807) is 0 Å². The van der Waals surface area contributed by atoms with Crippen LogP contribution in [0.25, 0.3) is 0 Å². The van der Waals surface area contributed by atoms with E-state index in [1.165, 1.54) is 11.1 Å². The zero-order valence-electron chi connectivity index (χ0n) is 16.9. The molecule has 4 nitrogen and oxygen atoms in total. The average Bonchev–Trinajstić information content (AvgIpc) is 3.47. The minimum absolute atomic E-state index is 0.0384. The molecule has 3 aliphatic rings. The van der Waals surface area contributed by atoms with Crippen LogP contribution >= 0.6 is 0 Å². The molecule has 2 aliphatic carbocycles. The number of nitrogens with zero attached hydrogens (tertiary/aromatic N) is 1. The van der Waals surface area contributed by atoms with Crippen molar-refractivity contribution in [1.29, 1.82) is 0 Å². The van der Waals surface area contributed by atoms with Gasteiger partial charge in [0.05, 0.1) is 5.92 Å². The quantitative estimate of drug-likeness (QED) is 0.872. The molecule has 1 saturated heterocycles. The fourth-order valence-corrected chi connectivity index (χ4v) is 5.30. The monoisotopic (exact) mass is 388 g/mol. The first kappa shape index (κ1) is 18.4. The van der Waals surface area contributed by atoms with Crippen LogP contribution in [0, 0.1) is 18.8 Å². The van der Waals surface area contributed by atoms with Crippen LogP contribution in [0.5, 0.6) is 0 Å². The summed E-state index contributed by atoms with van der Waals surface area (Å²) in [6.07, 6.45) is 4.03. The van der Waals surface area contributed by atoms with Gasteiger partial charge in [-0.05, 0) is 61.8 Å². The number of rotatable bonds is 3. The summed E-state index contributed by atoms with van der Waals surface area (Å²) in [6, 6.07) is 16.6. The van der Waals surface area contributed by atoms with Gasteiger partial charge in [-0.2, -0.15) is 0 Å². The van der Waals surface area contributed by atoms with Crippen LogP contribution in [-0.4, -0.2) is 35.8 Å². The molecule has 0 unspecified atom stereocenters. The summed E-state index contributed by atoms with van der Waals surface area (Å²) in [4.78, 5) is 27.7. The van der Waals surface area contributed by atoms with Gasteiger partial charge in [0.2, 0.25) is 5.91 Å². The van der Waals surface area contributed by atoms with E-state index in [0.717, 1.165) is 37.8 Å². The first-order chi connectivity index (χ1) is 14.1. The number of carbonyl (C=O) groups is 2. The molecule has 29 heavy (non-hydrogen) atoms. The van der Waals surface area contributed by atoms with Crippen LogP contribution in [0.1, 0.15) is 52.2 Å². The molecule has 0 spiro atoms. The lowest BCUT2D eigenvalue weighted by Crippen LogP contribution is -2.46. The summed E-state index contributed by atoms with van der Waals surface area (Å²) in [6.45, 7) is 3.28. The molecule has 4 atom stereocenters. The standard InChI is InChI=1S/C25H28N2O2/c1-16-8-10-18(11-9-16)25(29)27-14-4-6-19(15-27)24(28)26-23-21-13-12-17-5-2-3-7-20(17)22(21)23/h2-3,5,7-11,19,21-23H,4,6,12-15H2,1H3,(H,26,28)/t19-,21-,22-,23+/m0/s1. The lowest BCUT2D eigenvalue weighted by Gasteiger charge is -2.32. The van der Waals surface area contributed by atoms with Crippen LogP contribution in [-0.2, 0) is 11.2 Å². The second-order valence-corrected chi connectivity index (χ2v) is 8.92. The first-order valence-corrected chi connectivity index (χ1v) is 10.9. The molecule has 2 aromatic rings. The fraction of sp³-hybridized carbons (Fsp3) is 0.440. The molecule has 1 aliphatic heterocycles. The second kappa shape index (κ2) is 7.33. The van der Waals surface area contributed by atoms with E-state index in [4.69, 9.17) is 0 Å². The van der Waals surface area contributed by atoms with Gasteiger partial charge in [0.1, 0.15) is 0 Å². The van der Waals surface area contributed by atoms with Gasteiger partial charge in [-0.15, -0.1) is 0 Å². The van der Waals surface area contributed by atoms with Gasteiger partial charge >= 0.3 is 0 Å². The van der Waals surface area contributed by atoms with Crippen molar-refractivity contribution in [3.05, 3.63) is 70.8 Å². The van der Waals surface area contributed by atoms with Gasteiger partial charge in [0, 0.05) is 30.6 Å².